The second kappa shape index (κ2) is 9.58. The molecule has 2 aromatic carbocycles. The third kappa shape index (κ3) is 3.55. The minimum atomic E-state index is -1.95. The molecule has 0 spiro atoms. The summed E-state index contributed by atoms with van der Waals surface area (Å²) in [6, 6.07) is 11.6. The van der Waals surface area contributed by atoms with Crippen LogP contribution in [0.4, 0.5) is 5.69 Å². The fourth-order valence-electron chi connectivity index (χ4n) is 6.98. The molecule has 4 amide bonds. The van der Waals surface area contributed by atoms with Gasteiger partial charge in [0.1, 0.15) is 5.75 Å². The highest BCUT2D eigenvalue weighted by atomic mass is 79.9. The van der Waals surface area contributed by atoms with Crippen molar-refractivity contribution in [3.63, 3.8) is 0 Å². The fourth-order valence-corrected chi connectivity index (χ4v) is 8.69. The first-order valence-corrected chi connectivity index (χ1v) is 15.2. The molecule has 1 N–H and O–H groups in total. The Kier molecular flexibility index (Phi) is 6.65. The van der Waals surface area contributed by atoms with E-state index < -0.39 is 45.2 Å². The van der Waals surface area contributed by atoms with Crippen molar-refractivity contribution in [1.29, 1.82) is 0 Å². The molecular weight excluding hydrogens is 643 g/mol. The van der Waals surface area contributed by atoms with Crippen LogP contribution in [0, 0.1) is 17.8 Å². The number of carbonyl (C=O) groups is 4. The van der Waals surface area contributed by atoms with Gasteiger partial charge in [0.2, 0.25) is 11.8 Å². The van der Waals surface area contributed by atoms with Gasteiger partial charge in [0.25, 0.3) is 11.8 Å². The summed E-state index contributed by atoms with van der Waals surface area (Å²) in [6.45, 7) is 2.02. The lowest BCUT2D eigenvalue weighted by atomic mass is 9.56. The summed E-state index contributed by atoms with van der Waals surface area (Å²) in [6.07, 6.45) is 2.82. The maximum Gasteiger partial charge on any atom is 0.254 e. The van der Waals surface area contributed by atoms with Crippen molar-refractivity contribution in [3.05, 3.63) is 70.3 Å². The number of aryl methyl sites for hydroxylation is 1. The van der Waals surface area contributed by atoms with E-state index in [4.69, 9.17) is 34.8 Å². The van der Waals surface area contributed by atoms with Crippen LogP contribution in [-0.4, -0.2) is 48.8 Å². The predicted molar refractivity (Wildman–Crippen MR) is 155 cm³/mol. The number of carbonyl (C=O) groups excluding carboxylic acids is 4. The summed E-state index contributed by atoms with van der Waals surface area (Å²) in [7, 11) is 0. The summed E-state index contributed by atoms with van der Waals surface area (Å²) in [5.74, 6) is -5.19. The van der Waals surface area contributed by atoms with Crippen molar-refractivity contribution in [2.24, 2.45) is 17.8 Å². The number of fused-ring (bicyclic) bond motifs is 4. The quantitative estimate of drug-likeness (QED) is 0.201. The zero-order chi connectivity index (χ0) is 28.7. The third-order valence-corrected chi connectivity index (χ3v) is 11.2. The first-order chi connectivity index (χ1) is 19.0. The van der Waals surface area contributed by atoms with Crippen molar-refractivity contribution in [1.82, 2.24) is 4.90 Å². The molecule has 2 aromatic rings. The number of allylic oxidation sites excluding steroid dienone is 2. The number of likely N-dealkylation sites (tertiary alicyclic amines) is 1. The number of benzene rings is 2. The van der Waals surface area contributed by atoms with Gasteiger partial charge in [0.05, 0.1) is 23.0 Å². The Labute approximate surface area is 254 Å². The third-order valence-electron chi connectivity index (χ3n) is 8.91. The summed E-state index contributed by atoms with van der Waals surface area (Å²) < 4.78 is 0. The molecule has 0 radical (unpaired) electrons. The van der Waals surface area contributed by atoms with Gasteiger partial charge >= 0.3 is 0 Å². The normalized spacial score (nSPS) is 33.2. The van der Waals surface area contributed by atoms with Gasteiger partial charge in [-0.1, -0.05) is 64.3 Å². The van der Waals surface area contributed by atoms with E-state index in [0.717, 1.165) is 16.9 Å². The second-order valence-corrected chi connectivity index (χ2v) is 12.9. The highest BCUT2D eigenvalue weighted by Gasteiger charge is 2.76. The van der Waals surface area contributed by atoms with Crippen molar-refractivity contribution in [2.75, 3.05) is 10.4 Å². The minimum Gasteiger partial charge on any atom is -0.508 e. The number of nitrogens with zero attached hydrogens (tertiary/aromatic N) is 2. The van der Waals surface area contributed by atoms with E-state index >= 15 is 0 Å². The molecule has 208 valence electrons. The van der Waals surface area contributed by atoms with Crippen molar-refractivity contribution >= 4 is 80.0 Å². The second-order valence-electron chi connectivity index (χ2n) is 10.7. The van der Waals surface area contributed by atoms with Crippen LogP contribution in [0.5, 0.6) is 5.75 Å². The Bertz CT molecular complexity index is 1510. The number of alkyl halides is 3. The van der Waals surface area contributed by atoms with Gasteiger partial charge in [-0.3, -0.25) is 29.0 Å². The molecule has 40 heavy (non-hydrogen) atoms. The van der Waals surface area contributed by atoms with Gasteiger partial charge < -0.3 is 5.11 Å². The number of hydrogen-bond acceptors (Lipinski definition) is 5. The SMILES string of the molecule is CCc1ccc(N2C(=O)[C@H]3[C@H](CC=C4[C@H]3C[C@@]3(Cl)C(=O)N(CBr)C(=O)[C@@]3(Cl)[C@H]4c3ccc(O)cc3Cl)C2=O)cc1. The number of hydrogen-bond donors (Lipinski definition) is 1. The zero-order valence-electron chi connectivity index (χ0n) is 21.2. The van der Waals surface area contributed by atoms with Crippen LogP contribution >= 0.6 is 50.7 Å². The Morgan fingerprint density at radius 2 is 1.70 bits per heavy atom. The Morgan fingerprint density at radius 1 is 1.00 bits per heavy atom. The molecule has 0 aromatic heterocycles. The summed E-state index contributed by atoms with van der Waals surface area (Å²) in [4.78, 5) is 53.5. The maximum atomic E-state index is 14.0. The van der Waals surface area contributed by atoms with E-state index in [-0.39, 0.29) is 40.9 Å². The van der Waals surface area contributed by atoms with Crippen LogP contribution in [-0.2, 0) is 25.6 Å². The first-order valence-electron chi connectivity index (χ1n) is 12.9. The van der Waals surface area contributed by atoms with Crippen LogP contribution in [0.25, 0.3) is 0 Å². The van der Waals surface area contributed by atoms with Crippen molar-refractivity contribution in [2.45, 2.75) is 41.9 Å². The van der Waals surface area contributed by atoms with Crippen LogP contribution in [0.2, 0.25) is 5.02 Å². The molecule has 0 bridgehead atoms. The Balaban J connectivity index is 1.51. The van der Waals surface area contributed by atoms with Crippen LogP contribution in [0.3, 0.4) is 0 Å². The molecule has 6 rings (SSSR count). The number of phenols is 1. The molecule has 2 saturated heterocycles. The minimum absolute atomic E-state index is 0.0863. The number of aromatic hydroxyl groups is 1. The molecule has 2 heterocycles. The molecule has 2 aliphatic heterocycles. The van der Waals surface area contributed by atoms with Crippen LogP contribution < -0.4 is 4.90 Å². The largest absolute Gasteiger partial charge is 0.508 e. The Morgan fingerprint density at radius 3 is 2.33 bits per heavy atom. The first kappa shape index (κ1) is 27.8. The van der Waals surface area contributed by atoms with E-state index in [0.29, 0.717) is 16.8 Å². The van der Waals surface area contributed by atoms with Gasteiger partial charge in [-0.15, -0.1) is 23.2 Å². The van der Waals surface area contributed by atoms with E-state index in [1.54, 1.807) is 18.2 Å². The number of anilines is 1. The highest BCUT2D eigenvalue weighted by Crippen LogP contribution is 2.66. The number of rotatable bonds is 4. The molecule has 2 aliphatic carbocycles. The van der Waals surface area contributed by atoms with Gasteiger partial charge in [-0.05, 0) is 60.6 Å². The standard InChI is InChI=1S/C29H24BrCl3N2O5/c1-2-14-3-5-15(6-4-14)35-24(37)19-10-9-17-20(22(19)25(35)38)12-28(32)26(39)34(13-30)27(40)29(28,33)23(17)18-8-7-16(36)11-21(18)31/h3-9,11,19-20,22-23,36H,2,10,12-13H2,1H3/t19-,20+,22-,23+,28+,29-/m0/s1. The van der Waals surface area contributed by atoms with Gasteiger partial charge in [0.15, 0.2) is 9.75 Å². The van der Waals surface area contributed by atoms with Crippen molar-refractivity contribution < 1.29 is 24.3 Å². The van der Waals surface area contributed by atoms with Gasteiger partial charge in [-0.2, -0.15) is 0 Å². The number of halogens is 4. The lowest BCUT2D eigenvalue weighted by Crippen LogP contribution is -2.60. The lowest BCUT2D eigenvalue weighted by molar-refractivity contribution is -0.138. The Hall–Kier alpha value is -2.39. The highest BCUT2D eigenvalue weighted by molar-refractivity contribution is 9.09. The summed E-state index contributed by atoms with van der Waals surface area (Å²) in [5, 5.41) is 10.2. The van der Waals surface area contributed by atoms with Crippen LogP contribution in [0.15, 0.2) is 54.1 Å². The monoisotopic (exact) mass is 664 g/mol. The topological polar surface area (TPSA) is 95.0 Å². The smallest absolute Gasteiger partial charge is 0.254 e. The van der Waals surface area contributed by atoms with Crippen molar-refractivity contribution in [3.8, 4) is 5.75 Å². The number of imide groups is 2. The molecule has 0 unspecified atom stereocenters. The molecule has 11 heteroatoms. The van der Waals surface area contributed by atoms with Crippen LogP contribution in [0.1, 0.15) is 36.8 Å². The summed E-state index contributed by atoms with van der Waals surface area (Å²) >= 11 is 24.2. The maximum absolute atomic E-state index is 14.0. The molecule has 4 aliphatic rings. The molecular formula is C29H24BrCl3N2O5. The summed E-state index contributed by atoms with van der Waals surface area (Å²) in [5.41, 5.74) is 2.49. The lowest BCUT2D eigenvalue weighted by Gasteiger charge is -2.51. The average Bonchev–Trinajstić information content (AvgIpc) is 3.27. The van der Waals surface area contributed by atoms with Gasteiger partial charge in [0, 0.05) is 10.9 Å². The van der Waals surface area contributed by atoms with Gasteiger partial charge in [-0.25, -0.2) is 0 Å². The number of phenolic OH excluding ortho intramolecular Hbond substituents is 1. The zero-order valence-corrected chi connectivity index (χ0v) is 25.1. The van der Waals surface area contributed by atoms with E-state index in [1.807, 2.05) is 25.1 Å². The molecule has 7 nitrogen and oxygen atoms in total. The molecule has 6 atom stereocenters. The molecule has 3 fully saturated rings. The van der Waals surface area contributed by atoms with E-state index in [9.17, 15) is 24.3 Å². The fraction of sp³-hybridized carbons (Fsp3) is 0.379. The number of amides is 4. The molecule has 1 saturated carbocycles. The van der Waals surface area contributed by atoms with E-state index in [2.05, 4.69) is 15.9 Å². The average molecular weight is 667 g/mol. The van der Waals surface area contributed by atoms with E-state index in [1.165, 1.54) is 17.0 Å². The predicted octanol–water partition coefficient (Wildman–Crippen LogP) is 5.52.